The monoisotopic (exact) mass is 420 g/mol. The van der Waals surface area contributed by atoms with Gasteiger partial charge in [0.1, 0.15) is 5.52 Å². The summed E-state index contributed by atoms with van der Waals surface area (Å²) in [4.78, 5) is 29.3. The van der Waals surface area contributed by atoms with Crippen LogP contribution in [0.2, 0.25) is 0 Å². The molecule has 1 amide bonds. The second-order valence-electron chi connectivity index (χ2n) is 9.15. The zero-order chi connectivity index (χ0) is 21.4. The van der Waals surface area contributed by atoms with Crippen LogP contribution in [0.15, 0.2) is 35.3 Å². The molecule has 2 aliphatic rings. The highest BCUT2D eigenvalue weighted by Gasteiger charge is 2.25. The number of para-hydroxylation sites is 1. The number of nitrogens with one attached hydrogen (secondary N) is 1. The van der Waals surface area contributed by atoms with Crippen molar-refractivity contribution >= 4 is 27.7 Å². The quantitative estimate of drug-likeness (QED) is 0.617. The van der Waals surface area contributed by atoms with Gasteiger partial charge in [-0.2, -0.15) is 0 Å². The molecule has 164 valence electrons. The van der Waals surface area contributed by atoms with E-state index >= 15 is 0 Å². The maximum absolute atomic E-state index is 13.5. The molecule has 6 heteroatoms. The van der Waals surface area contributed by atoms with Crippen molar-refractivity contribution < 1.29 is 4.79 Å². The molecule has 2 aromatic heterocycles. The smallest absolute Gasteiger partial charge is 0.275 e. The van der Waals surface area contributed by atoms with Crippen LogP contribution in [0.25, 0.3) is 21.8 Å². The molecule has 5 rings (SSSR count). The number of hydrogen-bond donors (Lipinski definition) is 1. The summed E-state index contributed by atoms with van der Waals surface area (Å²) in [6.07, 6.45) is 9.65. The summed E-state index contributed by atoms with van der Waals surface area (Å²) in [5.41, 5.74) is 2.27. The molecule has 2 fully saturated rings. The van der Waals surface area contributed by atoms with Gasteiger partial charge in [0.05, 0.1) is 5.56 Å². The van der Waals surface area contributed by atoms with E-state index in [1.54, 1.807) is 0 Å². The first-order chi connectivity index (χ1) is 15.1. The van der Waals surface area contributed by atoms with Crippen molar-refractivity contribution in [3.63, 3.8) is 0 Å². The number of nitrogens with zero attached hydrogens (tertiary/aromatic N) is 3. The Kier molecular flexibility index (Phi) is 5.57. The van der Waals surface area contributed by atoms with Crippen LogP contribution in [0.3, 0.4) is 0 Å². The standard InChI is InChI=1S/C25H32N4O2/c1-27-21-12-5-4-11-19(21)22-20(24(30)26-13-8-16-28-14-6-7-15-28)17-29(25(31)23(22)27)18-9-2-3-10-18/h4-5,11-12,17-18H,2-3,6-10,13-16H2,1H3,(H,26,30). The summed E-state index contributed by atoms with van der Waals surface area (Å²) >= 11 is 0. The zero-order valence-corrected chi connectivity index (χ0v) is 18.4. The first kappa shape index (κ1) is 20.3. The summed E-state index contributed by atoms with van der Waals surface area (Å²) < 4.78 is 3.80. The number of fused-ring (bicyclic) bond motifs is 3. The fraction of sp³-hybridized carbons (Fsp3) is 0.520. The first-order valence-corrected chi connectivity index (χ1v) is 11.8. The van der Waals surface area contributed by atoms with Gasteiger partial charge < -0.3 is 19.4 Å². The summed E-state index contributed by atoms with van der Waals surface area (Å²) in [6, 6.07) is 8.18. The molecule has 0 radical (unpaired) electrons. The summed E-state index contributed by atoms with van der Waals surface area (Å²) in [5, 5.41) is 4.89. The van der Waals surface area contributed by atoms with E-state index in [2.05, 4.69) is 10.2 Å². The molecule has 1 saturated heterocycles. The minimum atomic E-state index is -0.0745. The average molecular weight is 421 g/mol. The number of carbonyl (C=O) groups excluding carboxylic acids is 1. The number of carbonyl (C=O) groups is 1. The van der Waals surface area contributed by atoms with Crippen LogP contribution < -0.4 is 10.9 Å². The molecule has 1 aliphatic heterocycles. The zero-order valence-electron chi connectivity index (χ0n) is 18.4. The normalized spacial score (nSPS) is 17.8. The highest BCUT2D eigenvalue weighted by Crippen LogP contribution is 2.33. The van der Waals surface area contributed by atoms with Crippen LogP contribution >= 0.6 is 0 Å². The molecule has 0 atom stereocenters. The minimum Gasteiger partial charge on any atom is -0.352 e. The molecule has 1 saturated carbocycles. The van der Waals surface area contributed by atoms with E-state index in [0.29, 0.717) is 17.6 Å². The second kappa shape index (κ2) is 8.50. The lowest BCUT2D eigenvalue weighted by molar-refractivity contribution is 0.0953. The van der Waals surface area contributed by atoms with Gasteiger partial charge in [0.25, 0.3) is 11.5 Å². The van der Waals surface area contributed by atoms with Crippen LogP contribution in [0, 0.1) is 0 Å². The van der Waals surface area contributed by atoms with E-state index in [-0.39, 0.29) is 17.5 Å². The third-order valence-electron chi connectivity index (χ3n) is 7.18. The van der Waals surface area contributed by atoms with Crippen LogP contribution in [-0.4, -0.2) is 46.1 Å². The number of likely N-dealkylation sites (tertiary alicyclic amines) is 1. The van der Waals surface area contributed by atoms with E-state index in [1.807, 2.05) is 46.6 Å². The Balaban J connectivity index is 1.52. The molecule has 1 aromatic carbocycles. The van der Waals surface area contributed by atoms with Crippen molar-refractivity contribution in [1.29, 1.82) is 0 Å². The van der Waals surface area contributed by atoms with Crippen LogP contribution in [0.5, 0.6) is 0 Å². The summed E-state index contributed by atoms with van der Waals surface area (Å²) in [5.74, 6) is -0.0745. The lowest BCUT2D eigenvalue weighted by atomic mass is 10.1. The highest BCUT2D eigenvalue weighted by atomic mass is 16.2. The topological polar surface area (TPSA) is 59.3 Å². The number of hydrogen-bond acceptors (Lipinski definition) is 3. The SMILES string of the molecule is Cn1c2ccccc2c2c(C(=O)NCCCN3CCCC3)cn(C3CCCC3)c(=O)c21. The molecule has 3 aromatic rings. The minimum absolute atomic E-state index is 0.0196. The van der Waals surface area contributed by atoms with E-state index < -0.39 is 0 Å². The molecule has 31 heavy (non-hydrogen) atoms. The number of pyridine rings is 1. The maximum Gasteiger partial charge on any atom is 0.275 e. The van der Waals surface area contributed by atoms with Crippen molar-refractivity contribution in [2.75, 3.05) is 26.2 Å². The Morgan fingerprint density at radius 1 is 1.10 bits per heavy atom. The van der Waals surface area contributed by atoms with Crippen LogP contribution in [0.4, 0.5) is 0 Å². The Bertz CT molecular complexity index is 1160. The van der Waals surface area contributed by atoms with Gasteiger partial charge in [-0.3, -0.25) is 9.59 Å². The van der Waals surface area contributed by atoms with Crippen molar-refractivity contribution in [1.82, 2.24) is 19.4 Å². The number of benzene rings is 1. The molecular formula is C25H32N4O2. The fourth-order valence-corrected chi connectivity index (χ4v) is 5.53. The number of aromatic nitrogens is 2. The number of amides is 1. The first-order valence-electron chi connectivity index (χ1n) is 11.8. The largest absolute Gasteiger partial charge is 0.352 e. The van der Waals surface area contributed by atoms with Crippen molar-refractivity contribution in [3.05, 3.63) is 46.4 Å². The van der Waals surface area contributed by atoms with Gasteiger partial charge in [-0.15, -0.1) is 0 Å². The van der Waals surface area contributed by atoms with Crippen LogP contribution in [0.1, 0.15) is 61.3 Å². The van der Waals surface area contributed by atoms with Gasteiger partial charge in [0.15, 0.2) is 0 Å². The Morgan fingerprint density at radius 2 is 1.84 bits per heavy atom. The van der Waals surface area contributed by atoms with Gasteiger partial charge in [-0.1, -0.05) is 31.0 Å². The average Bonchev–Trinajstić information content (AvgIpc) is 3.54. The van der Waals surface area contributed by atoms with Crippen molar-refractivity contribution in [3.8, 4) is 0 Å². The lowest BCUT2D eigenvalue weighted by Gasteiger charge is -2.17. The Hall–Kier alpha value is -2.60. The van der Waals surface area contributed by atoms with E-state index in [0.717, 1.165) is 54.9 Å². The Labute approximate surface area is 182 Å². The molecule has 0 unspecified atom stereocenters. The molecule has 0 spiro atoms. The van der Waals surface area contributed by atoms with Gasteiger partial charge >= 0.3 is 0 Å². The number of aryl methyl sites for hydroxylation is 1. The molecule has 1 aliphatic carbocycles. The predicted octanol–water partition coefficient (Wildman–Crippen LogP) is 3.82. The molecule has 3 heterocycles. The summed E-state index contributed by atoms with van der Waals surface area (Å²) in [6.45, 7) is 4.05. The van der Waals surface area contributed by atoms with Gasteiger partial charge in [-0.05, 0) is 57.8 Å². The highest BCUT2D eigenvalue weighted by molar-refractivity contribution is 6.17. The number of rotatable bonds is 6. The van der Waals surface area contributed by atoms with Crippen LogP contribution in [-0.2, 0) is 7.05 Å². The van der Waals surface area contributed by atoms with E-state index in [1.165, 1.54) is 25.9 Å². The molecular weight excluding hydrogens is 388 g/mol. The molecule has 0 bridgehead atoms. The molecule has 6 nitrogen and oxygen atoms in total. The van der Waals surface area contributed by atoms with Gasteiger partial charge in [-0.25, -0.2) is 0 Å². The lowest BCUT2D eigenvalue weighted by Crippen LogP contribution is -2.31. The van der Waals surface area contributed by atoms with E-state index in [4.69, 9.17) is 0 Å². The van der Waals surface area contributed by atoms with Gasteiger partial charge in [0.2, 0.25) is 0 Å². The summed E-state index contributed by atoms with van der Waals surface area (Å²) in [7, 11) is 1.93. The maximum atomic E-state index is 13.5. The van der Waals surface area contributed by atoms with Gasteiger partial charge in [0, 0.05) is 42.1 Å². The Morgan fingerprint density at radius 3 is 2.61 bits per heavy atom. The second-order valence-corrected chi connectivity index (χ2v) is 9.15. The fourth-order valence-electron chi connectivity index (χ4n) is 5.53. The predicted molar refractivity (Wildman–Crippen MR) is 125 cm³/mol. The van der Waals surface area contributed by atoms with Crippen molar-refractivity contribution in [2.45, 2.75) is 51.0 Å². The third kappa shape index (κ3) is 3.67. The third-order valence-corrected chi connectivity index (χ3v) is 7.18. The molecule has 1 N–H and O–H groups in total. The van der Waals surface area contributed by atoms with E-state index in [9.17, 15) is 9.59 Å². The van der Waals surface area contributed by atoms with Crippen molar-refractivity contribution in [2.24, 2.45) is 7.05 Å².